The van der Waals surface area contributed by atoms with Gasteiger partial charge >= 0.3 is 0 Å². The Labute approximate surface area is 87.5 Å². The molecule has 0 spiro atoms. The molecule has 1 atom stereocenters. The molecule has 5 heteroatoms. The highest BCUT2D eigenvalue weighted by molar-refractivity contribution is 5.04. The highest BCUT2D eigenvalue weighted by Gasteiger charge is 2.11. The van der Waals surface area contributed by atoms with Gasteiger partial charge in [-0.15, -0.1) is 0 Å². The average molecular weight is 207 g/mol. The van der Waals surface area contributed by atoms with Gasteiger partial charge < -0.3 is 14.3 Å². The van der Waals surface area contributed by atoms with Crippen molar-refractivity contribution < 1.29 is 8.94 Å². The van der Waals surface area contributed by atoms with Crippen molar-refractivity contribution in [1.29, 1.82) is 0 Å². The molecule has 5 nitrogen and oxygen atoms in total. The van der Waals surface area contributed by atoms with Crippen LogP contribution in [0, 0.1) is 0 Å². The maximum atomic E-state index is 5.33. The number of hydrogen-bond donors (Lipinski definition) is 1. The number of nitrogens with zero attached hydrogens (tertiary/aromatic N) is 2. The first-order valence-corrected chi connectivity index (χ1v) is 4.92. The lowest BCUT2D eigenvalue weighted by atomic mass is 10.2. The molecule has 0 saturated heterocycles. The van der Waals surface area contributed by atoms with Gasteiger partial charge in [0.25, 0.3) is 0 Å². The predicted molar refractivity (Wildman–Crippen MR) is 52.9 cm³/mol. The smallest absolute Gasteiger partial charge is 0.213 e. The summed E-state index contributed by atoms with van der Waals surface area (Å²) in [5.41, 5.74) is 0. The second kappa shape index (κ2) is 4.75. The van der Waals surface area contributed by atoms with E-state index < -0.39 is 0 Å². The van der Waals surface area contributed by atoms with Crippen molar-refractivity contribution in [2.75, 3.05) is 0 Å². The Morgan fingerprint density at radius 1 is 1.53 bits per heavy atom. The Kier molecular flexibility index (Phi) is 3.14. The molecular weight excluding hydrogens is 194 g/mol. The monoisotopic (exact) mass is 207 g/mol. The van der Waals surface area contributed by atoms with Crippen molar-refractivity contribution in [3.8, 4) is 0 Å². The molecule has 0 saturated carbocycles. The van der Waals surface area contributed by atoms with Gasteiger partial charge in [0, 0.05) is 0 Å². The molecule has 2 heterocycles. The summed E-state index contributed by atoms with van der Waals surface area (Å²) in [4.78, 5) is 3.93. The van der Waals surface area contributed by atoms with Crippen LogP contribution < -0.4 is 5.32 Å². The van der Waals surface area contributed by atoms with Crippen molar-refractivity contribution in [3.05, 3.63) is 36.4 Å². The summed E-state index contributed by atoms with van der Waals surface area (Å²) in [7, 11) is 0. The minimum atomic E-state index is 0.193. The van der Waals surface area contributed by atoms with Crippen LogP contribution in [0.3, 0.4) is 0 Å². The molecule has 2 rings (SSSR count). The average Bonchev–Trinajstić information content (AvgIpc) is 2.90. The number of aromatic nitrogens is 2. The van der Waals surface area contributed by atoms with Gasteiger partial charge in [-0.25, -0.2) is 0 Å². The van der Waals surface area contributed by atoms with E-state index in [2.05, 4.69) is 26.9 Å². The van der Waals surface area contributed by atoms with E-state index >= 15 is 0 Å². The van der Waals surface area contributed by atoms with E-state index in [1.807, 2.05) is 12.1 Å². The summed E-state index contributed by atoms with van der Waals surface area (Å²) in [6.07, 6.45) is 3.95. The van der Waals surface area contributed by atoms with Crippen molar-refractivity contribution in [1.82, 2.24) is 15.5 Å². The molecule has 80 valence electrons. The van der Waals surface area contributed by atoms with Crippen molar-refractivity contribution in [2.24, 2.45) is 0 Å². The molecule has 0 fully saturated rings. The van der Waals surface area contributed by atoms with Crippen LogP contribution >= 0.6 is 0 Å². The van der Waals surface area contributed by atoms with Gasteiger partial charge in [0.15, 0.2) is 5.82 Å². The molecule has 0 aliphatic rings. The lowest BCUT2D eigenvalue weighted by Gasteiger charge is -2.12. The highest BCUT2D eigenvalue weighted by atomic mass is 16.5. The van der Waals surface area contributed by atoms with Gasteiger partial charge in [-0.2, -0.15) is 4.98 Å². The third-order valence-electron chi connectivity index (χ3n) is 2.21. The maximum absolute atomic E-state index is 5.33. The van der Waals surface area contributed by atoms with Gasteiger partial charge in [0.1, 0.15) is 5.76 Å². The predicted octanol–water partition coefficient (Wildman–Crippen LogP) is 1.90. The van der Waals surface area contributed by atoms with E-state index in [-0.39, 0.29) is 6.04 Å². The number of nitrogens with one attached hydrogen (secondary N) is 1. The Bertz CT molecular complexity index is 369. The zero-order chi connectivity index (χ0) is 10.5. The van der Waals surface area contributed by atoms with E-state index in [1.165, 1.54) is 6.39 Å². The normalized spacial score (nSPS) is 12.9. The second-order valence-electron chi connectivity index (χ2n) is 3.20. The van der Waals surface area contributed by atoms with Crippen LogP contribution in [0.25, 0.3) is 0 Å². The van der Waals surface area contributed by atoms with Crippen LogP contribution in [0.2, 0.25) is 0 Å². The zero-order valence-corrected chi connectivity index (χ0v) is 8.51. The zero-order valence-electron chi connectivity index (χ0n) is 8.51. The van der Waals surface area contributed by atoms with Crippen LogP contribution in [0.15, 0.2) is 33.7 Å². The van der Waals surface area contributed by atoms with Gasteiger partial charge in [0.2, 0.25) is 6.39 Å². The van der Waals surface area contributed by atoms with Crippen LogP contribution in [0.5, 0.6) is 0 Å². The molecule has 0 aromatic carbocycles. The molecular formula is C10H13N3O2. The van der Waals surface area contributed by atoms with E-state index in [1.54, 1.807) is 6.26 Å². The molecule has 15 heavy (non-hydrogen) atoms. The summed E-state index contributed by atoms with van der Waals surface area (Å²) in [6.45, 7) is 2.67. The molecule has 1 N–H and O–H groups in total. The van der Waals surface area contributed by atoms with Crippen molar-refractivity contribution in [3.63, 3.8) is 0 Å². The largest absolute Gasteiger partial charge is 0.468 e. The van der Waals surface area contributed by atoms with E-state index in [9.17, 15) is 0 Å². The Balaban J connectivity index is 1.92. The van der Waals surface area contributed by atoms with Gasteiger partial charge in [0.05, 0.1) is 18.8 Å². The molecule has 0 radical (unpaired) electrons. The third-order valence-corrected chi connectivity index (χ3v) is 2.21. The second-order valence-corrected chi connectivity index (χ2v) is 3.20. The molecule has 0 bridgehead atoms. The van der Waals surface area contributed by atoms with Crippen LogP contribution in [-0.4, -0.2) is 10.1 Å². The Hall–Kier alpha value is -1.62. The SMILES string of the molecule is CCC(NCc1ncon1)c1ccco1. The highest BCUT2D eigenvalue weighted by Crippen LogP contribution is 2.16. The fourth-order valence-corrected chi connectivity index (χ4v) is 1.42. The fourth-order valence-electron chi connectivity index (χ4n) is 1.42. The third kappa shape index (κ3) is 2.44. The summed E-state index contributed by atoms with van der Waals surface area (Å²) in [5.74, 6) is 1.58. The molecule has 1 unspecified atom stereocenters. The van der Waals surface area contributed by atoms with Crippen LogP contribution in [0.1, 0.15) is 31.0 Å². The van der Waals surface area contributed by atoms with Crippen LogP contribution in [0.4, 0.5) is 0 Å². The minimum absolute atomic E-state index is 0.193. The summed E-state index contributed by atoms with van der Waals surface area (Å²) in [5, 5.41) is 7.02. The van der Waals surface area contributed by atoms with E-state index in [4.69, 9.17) is 4.42 Å². The van der Waals surface area contributed by atoms with Crippen molar-refractivity contribution in [2.45, 2.75) is 25.9 Å². The molecule has 0 aliphatic heterocycles. The van der Waals surface area contributed by atoms with Gasteiger partial charge in [-0.3, -0.25) is 0 Å². The van der Waals surface area contributed by atoms with Gasteiger partial charge in [-0.1, -0.05) is 12.1 Å². The molecule has 0 amide bonds. The molecule has 0 aliphatic carbocycles. The van der Waals surface area contributed by atoms with Gasteiger partial charge in [-0.05, 0) is 18.6 Å². The quantitative estimate of drug-likeness (QED) is 0.811. The minimum Gasteiger partial charge on any atom is -0.468 e. The standard InChI is InChI=1S/C10H13N3O2/c1-2-8(9-4-3-5-14-9)11-6-10-12-7-15-13-10/h3-5,7-8,11H,2,6H2,1H3. The van der Waals surface area contributed by atoms with E-state index in [0.29, 0.717) is 12.4 Å². The van der Waals surface area contributed by atoms with E-state index in [0.717, 1.165) is 12.2 Å². The van der Waals surface area contributed by atoms with Crippen LogP contribution in [-0.2, 0) is 6.54 Å². The molecule has 2 aromatic rings. The first-order chi connectivity index (χ1) is 7.40. The molecule has 2 aromatic heterocycles. The fraction of sp³-hybridized carbons (Fsp3) is 0.400. The summed E-state index contributed by atoms with van der Waals surface area (Å²) < 4.78 is 9.98. The number of furan rings is 1. The maximum Gasteiger partial charge on any atom is 0.213 e. The Morgan fingerprint density at radius 2 is 2.47 bits per heavy atom. The first-order valence-electron chi connectivity index (χ1n) is 4.92. The summed E-state index contributed by atoms with van der Waals surface area (Å²) in [6, 6.07) is 4.03. The van der Waals surface area contributed by atoms with Crippen molar-refractivity contribution >= 4 is 0 Å². The number of rotatable bonds is 5. The lowest BCUT2D eigenvalue weighted by Crippen LogP contribution is -2.20. The summed E-state index contributed by atoms with van der Waals surface area (Å²) >= 11 is 0. The lowest BCUT2D eigenvalue weighted by molar-refractivity contribution is 0.384. The Morgan fingerprint density at radius 3 is 3.07 bits per heavy atom. The first kappa shape index (κ1) is 9.92. The number of hydrogen-bond acceptors (Lipinski definition) is 5. The topological polar surface area (TPSA) is 64.1 Å².